The highest BCUT2D eigenvalue weighted by atomic mass is 16.1. The Morgan fingerprint density at radius 2 is 2.06 bits per heavy atom. The molecule has 1 saturated carbocycles. The molecule has 0 saturated heterocycles. The Balaban J connectivity index is 2.37. The molecule has 0 spiro atoms. The summed E-state index contributed by atoms with van der Waals surface area (Å²) < 4.78 is 0. The van der Waals surface area contributed by atoms with Gasteiger partial charge in [-0.05, 0) is 44.4 Å². The predicted octanol–water partition coefficient (Wildman–Crippen LogP) is 4.40. The zero-order valence-electron chi connectivity index (χ0n) is 12.1. The summed E-state index contributed by atoms with van der Waals surface area (Å²) in [4.78, 5) is 12.3. The van der Waals surface area contributed by atoms with Gasteiger partial charge in [-0.2, -0.15) is 0 Å². The van der Waals surface area contributed by atoms with E-state index in [1.54, 1.807) is 6.92 Å². The highest BCUT2D eigenvalue weighted by molar-refractivity contribution is 5.83. The van der Waals surface area contributed by atoms with Crippen LogP contribution >= 0.6 is 0 Å². The first kappa shape index (κ1) is 13.6. The van der Waals surface area contributed by atoms with Crippen LogP contribution in [0.25, 0.3) is 0 Å². The second kappa shape index (κ2) is 5.03. The molecule has 2 aliphatic carbocycles. The Kier molecular flexibility index (Phi) is 3.79. The summed E-state index contributed by atoms with van der Waals surface area (Å²) in [6.07, 6.45) is 12.7. The molecular formula is C17H26O. The van der Waals surface area contributed by atoms with E-state index >= 15 is 0 Å². The van der Waals surface area contributed by atoms with E-state index in [0.29, 0.717) is 17.6 Å². The van der Waals surface area contributed by atoms with Crippen LogP contribution in [0.15, 0.2) is 24.3 Å². The summed E-state index contributed by atoms with van der Waals surface area (Å²) in [6.45, 7) is 8.36. The van der Waals surface area contributed by atoms with Gasteiger partial charge in [0.25, 0.3) is 0 Å². The lowest BCUT2D eigenvalue weighted by molar-refractivity contribution is -0.133. The number of carbonyl (C=O) groups excluding carboxylic acids is 1. The molecule has 2 rings (SSSR count). The third-order valence-corrected chi connectivity index (χ3v) is 5.35. The fourth-order valence-corrected chi connectivity index (χ4v) is 4.06. The van der Waals surface area contributed by atoms with E-state index in [9.17, 15) is 4.79 Å². The second-order valence-electron chi connectivity index (χ2n) is 6.46. The first-order valence-electron chi connectivity index (χ1n) is 7.32. The highest BCUT2D eigenvalue weighted by Gasteiger charge is 2.49. The lowest BCUT2D eigenvalue weighted by Gasteiger charge is -2.49. The van der Waals surface area contributed by atoms with Crippen LogP contribution in [-0.4, -0.2) is 5.78 Å². The SMILES string of the molecule is C/C=C/[C@H]1C=C[C@H]2C[C@@H](C)CC[C@@H]2[C@@]1(C)C(C)=O. The van der Waals surface area contributed by atoms with Crippen LogP contribution in [0.1, 0.15) is 47.0 Å². The highest BCUT2D eigenvalue weighted by Crippen LogP contribution is 2.52. The Bertz CT molecular complexity index is 379. The van der Waals surface area contributed by atoms with Gasteiger partial charge in [-0.1, -0.05) is 44.6 Å². The van der Waals surface area contributed by atoms with E-state index in [4.69, 9.17) is 0 Å². The normalized spacial score (nSPS) is 44.0. The largest absolute Gasteiger partial charge is 0.299 e. The molecule has 1 heteroatoms. The maximum Gasteiger partial charge on any atom is 0.136 e. The van der Waals surface area contributed by atoms with Gasteiger partial charge >= 0.3 is 0 Å². The van der Waals surface area contributed by atoms with Gasteiger partial charge in [-0.25, -0.2) is 0 Å². The van der Waals surface area contributed by atoms with Crippen molar-refractivity contribution in [1.29, 1.82) is 0 Å². The molecule has 0 aromatic rings. The average molecular weight is 246 g/mol. The van der Waals surface area contributed by atoms with Crippen molar-refractivity contribution in [3.05, 3.63) is 24.3 Å². The fourth-order valence-electron chi connectivity index (χ4n) is 4.06. The Morgan fingerprint density at radius 3 is 2.67 bits per heavy atom. The fraction of sp³-hybridized carbons (Fsp3) is 0.706. The molecule has 0 aromatic heterocycles. The maximum absolute atomic E-state index is 12.3. The van der Waals surface area contributed by atoms with Crippen molar-refractivity contribution >= 4 is 5.78 Å². The summed E-state index contributed by atoms with van der Waals surface area (Å²) in [5.41, 5.74) is -0.188. The lowest BCUT2D eigenvalue weighted by Crippen LogP contribution is -2.47. The molecule has 0 amide bonds. The molecule has 100 valence electrons. The minimum Gasteiger partial charge on any atom is -0.299 e. The third kappa shape index (κ3) is 2.08. The van der Waals surface area contributed by atoms with E-state index in [-0.39, 0.29) is 11.3 Å². The molecule has 0 aliphatic heterocycles. The van der Waals surface area contributed by atoms with E-state index in [2.05, 4.69) is 38.2 Å². The molecule has 0 heterocycles. The predicted molar refractivity (Wildman–Crippen MR) is 76.2 cm³/mol. The number of fused-ring (bicyclic) bond motifs is 1. The van der Waals surface area contributed by atoms with Crippen molar-refractivity contribution in [3.8, 4) is 0 Å². The summed E-state index contributed by atoms with van der Waals surface area (Å²) in [6, 6.07) is 0. The van der Waals surface area contributed by atoms with E-state index in [0.717, 1.165) is 5.92 Å². The van der Waals surface area contributed by atoms with Crippen LogP contribution in [0.4, 0.5) is 0 Å². The third-order valence-electron chi connectivity index (χ3n) is 5.35. The first-order chi connectivity index (χ1) is 8.50. The molecule has 0 radical (unpaired) electrons. The number of rotatable bonds is 2. The topological polar surface area (TPSA) is 17.1 Å². The van der Waals surface area contributed by atoms with Crippen LogP contribution in [0.5, 0.6) is 0 Å². The number of Topliss-reactive ketones (excluding diaryl/α,β-unsaturated/α-hetero) is 1. The van der Waals surface area contributed by atoms with Crippen molar-refractivity contribution in [3.63, 3.8) is 0 Å². The number of carbonyl (C=O) groups is 1. The van der Waals surface area contributed by atoms with Crippen LogP contribution in [0.2, 0.25) is 0 Å². The number of hydrogen-bond acceptors (Lipinski definition) is 1. The van der Waals surface area contributed by atoms with E-state index in [1.165, 1.54) is 19.3 Å². The molecule has 18 heavy (non-hydrogen) atoms. The molecule has 0 aromatic carbocycles. The second-order valence-corrected chi connectivity index (χ2v) is 6.46. The standard InChI is InChI=1S/C17H26O/c1-5-6-15-9-8-14-11-12(2)7-10-16(14)17(15,4)13(3)18/h5-6,8-9,12,14-16H,7,10-11H2,1-4H3/b6-5+/t12-,14-,15-,16-,17-/m0/s1. The Labute approximate surface area is 111 Å². The zero-order chi connectivity index (χ0) is 13.3. The van der Waals surface area contributed by atoms with Crippen LogP contribution in [0, 0.1) is 29.1 Å². The monoisotopic (exact) mass is 246 g/mol. The van der Waals surface area contributed by atoms with Crippen molar-refractivity contribution in [1.82, 2.24) is 0 Å². The summed E-state index contributed by atoms with van der Waals surface area (Å²) in [5.74, 6) is 2.61. The number of allylic oxidation sites excluding steroid dienone is 4. The van der Waals surface area contributed by atoms with Crippen molar-refractivity contribution in [2.75, 3.05) is 0 Å². The van der Waals surface area contributed by atoms with E-state index in [1.807, 2.05) is 6.92 Å². The van der Waals surface area contributed by atoms with Gasteiger partial charge in [0.05, 0.1) is 0 Å². The van der Waals surface area contributed by atoms with Gasteiger partial charge < -0.3 is 0 Å². The minimum absolute atomic E-state index is 0.188. The Hall–Kier alpha value is -0.850. The molecule has 2 aliphatic rings. The minimum atomic E-state index is -0.188. The van der Waals surface area contributed by atoms with Gasteiger partial charge in [0.1, 0.15) is 5.78 Å². The van der Waals surface area contributed by atoms with Crippen LogP contribution in [-0.2, 0) is 4.79 Å². The quantitative estimate of drug-likeness (QED) is 0.660. The summed E-state index contributed by atoms with van der Waals surface area (Å²) >= 11 is 0. The Morgan fingerprint density at radius 1 is 1.33 bits per heavy atom. The first-order valence-corrected chi connectivity index (χ1v) is 7.32. The van der Waals surface area contributed by atoms with Gasteiger partial charge in [0, 0.05) is 11.3 Å². The smallest absolute Gasteiger partial charge is 0.136 e. The van der Waals surface area contributed by atoms with Crippen molar-refractivity contribution in [2.45, 2.75) is 47.0 Å². The van der Waals surface area contributed by atoms with Crippen LogP contribution in [0.3, 0.4) is 0 Å². The summed E-state index contributed by atoms with van der Waals surface area (Å²) in [7, 11) is 0. The number of hydrogen-bond donors (Lipinski definition) is 0. The molecule has 1 fully saturated rings. The maximum atomic E-state index is 12.3. The molecule has 0 unspecified atom stereocenters. The van der Waals surface area contributed by atoms with E-state index < -0.39 is 0 Å². The molecule has 0 bridgehead atoms. The average Bonchev–Trinajstić information content (AvgIpc) is 2.32. The van der Waals surface area contributed by atoms with Gasteiger partial charge in [0.15, 0.2) is 0 Å². The molecule has 0 N–H and O–H groups in total. The van der Waals surface area contributed by atoms with Gasteiger partial charge in [-0.3, -0.25) is 4.79 Å². The molecule has 1 nitrogen and oxygen atoms in total. The van der Waals surface area contributed by atoms with Crippen molar-refractivity contribution < 1.29 is 4.79 Å². The summed E-state index contributed by atoms with van der Waals surface area (Å²) in [5, 5.41) is 0. The number of ketones is 1. The van der Waals surface area contributed by atoms with Gasteiger partial charge in [0.2, 0.25) is 0 Å². The molecular weight excluding hydrogens is 220 g/mol. The van der Waals surface area contributed by atoms with Crippen molar-refractivity contribution in [2.24, 2.45) is 29.1 Å². The zero-order valence-corrected chi connectivity index (χ0v) is 12.1. The van der Waals surface area contributed by atoms with Crippen LogP contribution < -0.4 is 0 Å². The van der Waals surface area contributed by atoms with Gasteiger partial charge in [-0.15, -0.1) is 0 Å². The molecule has 5 atom stereocenters. The lowest BCUT2D eigenvalue weighted by atomic mass is 9.54.